The molecule has 1 aliphatic heterocycles. The number of hydrogen-bond donors (Lipinski definition) is 2. The summed E-state index contributed by atoms with van der Waals surface area (Å²) in [5.41, 5.74) is -0.0846. The Bertz CT molecular complexity index is 457. The average molecular weight is 324 g/mol. The molecule has 0 radical (unpaired) electrons. The van der Waals surface area contributed by atoms with Crippen LogP contribution in [0.15, 0.2) is 0 Å². The van der Waals surface area contributed by atoms with Gasteiger partial charge in [0.15, 0.2) is 0 Å². The Morgan fingerprint density at radius 2 is 1.70 bits per heavy atom. The molecule has 1 saturated heterocycles. The molecule has 1 amide bonds. The first kappa shape index (κ1) is 18.2. The van der Waals surface area contributed by atoms with Crippen molar-refractivity contribution >= 4 is 11.9 Å². The molecule has 5 heteroatoms. The van der Waals surface area contributed by atoms with Gasteiger partial charge in [0.05, 0.1) is 0 Å². The molecule has 2 fully saturated rings. The first-order chi connectivity index (χ1) is 10.5. The molecule has 1 saturated carbocycles. The van der Waals surface area contributed by atoms with Gasteiger partial charge in [0.1, 0.15) is 6.04 Å². The summed E-state index contributed by atoms with van der Waals surface area (Å²) in [5, 5.41) is 12.3. The van der Waals surface area contributed by atoms with Gasteiger partial charge in [-0.1, -0.05) is 34.6 Å². The van der Waals surface area contributed by atoms with Gasteiger partial charge in [0.25, 0.3) is 0 Å². The van der Waals surface area contributed by atoms with E-state index in [9.17, 15) is 14.7 Å². The highest BCUT2D eigenvalue weighted by molar-refractivity contribution is 5.82. The van der Waals surface area contributed by atoms with E-state index in [-0.39, 0.29) is 18.0 Å². The third kappa shape index (κ3) is 4.25. The highest BCUT2D eigenvalue weighted by atomic mass is 16.4. The lowest BCUT2D eigenvalue weighted by Gasteiger charge is -2.44. The van der Waals surface area contributed by atoms with Crippen molar-refractivity contribution < 1.29 is 14.7 Å². The van der Waals surface area contributed by atoms with Gasteiger partial charge in [-0.05, 0) is 37.5 Å². The predicted molar refractivity (Wildman–Crippen MR) is 90.2 cm³/mol. The molecule has 23 heavy (non-hydrogen) atoms. The maximum Gasteiger partial charge on any atom is 0.320 e. The number of hydrogen-bond acceptors (Lipinski definition) is 3. The van der Waals surface area contributed by atoms with Crippen molar-refractivity contribution in [3.05, 3.63) is 0 Å². The van der Waals surface area contributed by atoms with Crippen LogP contribution in [-0.2, 0) is 9.59 Å². The molecule has 0 bridgehead atoms. The van der Waals surface area contributed by atoms with Gasteiger partial charge in [-0.15, -0.1) is 0 Å². The lowest BCUT2D eigenvalue weighted by atomic mass is 9.74. The number of carbonyl (C=O) groups excluding carboxylic acids is 1. The van der Waals surface area contributed by atoms with Gasteiger partial charge in [-0.25, -0.2) is 0 Å². The monoisotopic (exact) mass is 324 g/mol. The number of carboxylic acids is 1. The number of amides is 1. The second-order valence-corrected chi connectivity index (χ2v) is 9.05. The van der Waals surface area contributed by atoms with E-state index in [1.807, 2.05) is 25.7 Å². The highest BCUT2D eigenvalue weighted by Crippen LogP contribution is 2.39. The molecule has 2 unspecified atom stereocenters. The molecular formula is C18H32N2O3. The van der Waals surface area contributed by atoms with Crippen LogP contribution >= 0.6 is 0 Å². The Morgan fingerprint density at radius 3 is 2.13 bits per heavy atom. The largest absolute Gasteiger partial charge is 0.480 e. The van der Waals surface area contributed by atoms with Gasteiger partial charge in [0.2, 0.25) is 5.91 Å². The number of carboxylic acid groups (broad SMARTS) is 1. The van der Waals surface area contributed by atoms with Crippen molar-refractivity contribution in [2.75, 3.05) is 6.54 Å². The molecular weight excluding hydrogens is 292 g/mol. The number of rotatable bonds is 3. The Labute approximate surface area is 139 Å². The van der Waals surface area contributed by atoms with E-state index in [4.69, 9.17) is 0 Å². The standard InChI is InChI=1S/C18H32N2O3/c1-17(2,3)16(23)20(12-6-8-18(4,5)9-7-12)13-10-14(15(21)22)19-11-13/h12-14,19H,6-11H2,1-5H3,(H,21,22). The zero-order valence-corrected chi connectivity index (χ0v) is 15.2. The van der Waals surface area contributed by atoms with Crippen LogP contribution in [0.4, 0.5) is 0 Å². The number of nitrogens with zero attached hydrogens (tertiary/aromatic N) is 1. The van der Waals surface area contributed by atoms with E-state index >= 15 is 0 Å². The minimum absolute atomic E-state index is 0.00552. The van der Waals surface area contributed by atoms with Crippen LogP contribution in [0.5, 0.6) is 0 Å². The van der Waals surface area contributed by atoms with E-state index in [2.05, 4.69) is 19.2 Å². The Morgan fingerprint density at radius 1 is 1.13 bits per heavy atom. The van der Waals surface area contributed by atoms with E-state index in [1.165, 1.54) is 0 Å². The summed E-state index contributed by atoms with van der Waals surface area (Å²) in [4.78, 5) is 26.3. The smallest absolute Gasteiger partial charge is 0.320 e. The lowest BCUT2D eigenvalue weighted by molar-refractivity contribution is -0.146. The van der Waals surface area contributed by atoms with Crippen LogP contribution in [0, 0.1) is 10.8 Å². The Kier molecular flexibility index (Phi) is 5.09. The van der Waals surface area contributed by atoms with E-state index in [0.717, 1.165) is 25.7 Å². The van der Waals surface area contributed by atoms with Gasteiger partial charge in [-0.2, -0.15) is 0 Å². The summed E-state index contributed by atoms with van der Waals surface area (Å²) in [7, 11) is 0. The highest BCUT2D eigenvalue weighted by Gasteiger charge is 2.42. The number of nitrogens with one attached hydrogen (secondary N) is 1. The summed E-state index contributed by atoms with van der Waals surface area (Å²) >= 11 is 0. The fourth-order valence-corrected chi connectivity index (χ4v) is 3.80. The SMILES string of the molecule is CC1(C)CCC(N(C(=O)C(C)(C)C)C2CNC(C(=O)O)C2)CC1. The molecule has 1 aliphatic carbocycles. The number of aliphatic carboxylic acids is 1. The van der Waals surface area contributed by atoms with E-state index in [0.29, 0.717) is 18.4 Å². The lowest BCUT2D eigenvalue weighted by Crippen LogP contribution is -2.53. The zero-order chi connectivity index (χ0) is 17.4. The quantitative estimate of drug-likeness (QED) is 0.837. The van der Waals surface area contributed by atoms with Crippen molar-refractivity contribution in [1.82, 2.24) is 10.2 Å². The van der Waals surface area contributed by atoms with Crippen molar-refractivity contribution in [2.24, 2.45) is 10.8 Å². The first-order valence-corrected chi connectivity index (χ1v) is 8.80. The molecule has 2 aliphatic rings. The molecule has 2 rings (SSSR count). The van der Waals surface area contributed by atoms with Crippen LogP contribution in [0.25, 0.3) is 0 Å². The minimum atomic E-state index is -0.819. The first-order valence-electron chi connectivity index (χ1n) is 8.80. The van der Waals surface area contributed by atoms with Crippen molar-refractivity contribution in [3.63, 3.8) is 0 Å². The topological polar surface area (TPSA) is 69.6 Å². The molecule has 132 valence electrons. The maximum atomic E-state index is 13.0. The summed E-state index contributed by atoms with van der Waals surface area (Å²) in [6, 6.07) is -0.293. The van der Waals surface area contributed by atoms with Gasteiger partial charge in [0, 0.05) is 24.0 Å². The van der Waals surface area contributed by atoms with Gasteiger partial charge >= 0.3 is 5.97 Å². The van der Waals surface area contributed by atoms with Crippen LogP contribution in [0.1, 0.15) is 66.7 Å². The molecule has 1 heterocycles. The van der Waals surface area contributed by atoms with Gasteiger partial charge < -0.3 is 15.3 Å². The predicted octanol–water partition coefficient (Wildman–Crippen LogP) is 2.65. The molecule has 5 nitrogen and oxygen atoms in total. The molecule has 2 atom stereocenters. The zero-order valence-electron chi connectivity index (χ0n) is 15.2. The maximum absolute atomic E-state index is 13.0. The molecule has 0 aromatic carbocycles. The molecule has 0 aromatic rings. The third-order valence-corrected chi connectivity index (χ3v) is 5.38. The van der Waals surface area contributed by atoms with Crippen molar-refractivity contribution in [2.45, 2.75) is 84.8 Å². The summed E-state index contributed by atoms with van der Waals surface area (Å²) in [6.07, 6.45) is 4.78. The second-order valence-electron chi connectivity index (χ2n) is 9.05. The Hall–Kier alpha value is -1.10. The van der Waals surface area contributed by atoms with Crippen LogP contribution < -0.4 is 5.32 Å². The summed E-state index contributed by atoms with van der Waals surface area (Å²) in [5.74, 6) is -0.666. The summed E-state index contributed by atoms with van der Waals surface area (Å²) in [6.45, 7) is 11.0. The number of carbonyl (C=O) groups is 2. The van der Waals surface area contributed by atoms with Crippen LogP contribution in [0.2, 0.25) is 0 Å². The van der Waals surface area contributed by atoms with Crippen molar-refractivity contribution in [3.8, 4) is 0 Å². The van der Waals surface area contributed by atoms with Crippen LogP contribution in [0.3, 0.4) is 0 Å². The average Bonchev–Trinajstić information content (AvgIpc) is 2.89. The fraction of sp³-hybridized carbons (Fsp3) is 0.889. The van der Waals surface area contributed by atoms with Crippen molar-refractivity contribution in [1.29, 1.82) is 0 Å². The van der Waals surface area contributed by atoms with Crippen LogP contribution in [-0.4, -0.2) is 46.6 Å². The Balaban J connectivity index is 2.17. The minimum Gasteiger partial charge on any atom is -0.480 e. The van der Waals surface area contributed by atoms with E-state index in [1.54, 1.807) is 0 Å². The van der Waals surface area contributed by atoms with E-state index < -0.39 is 17.4 Å². The molecule has 0 spiro atoms. The third-order valence-electron chi connectivity index (χ3n) is 5.38. The molecule has 0 aromatic heterocycles. The van der Waals surface area contributed by atoms with Gasteiger partial charge in [-0.3, -0.25) is 9.59 Å². The second kappa shape index (κ2) is 6.42. The molecule has 2 N–H and O–H groups in total. The fourth-order valence-electron chi connectivity index (χ4n) is 3.80. The normalized spacial score (nSPS) is 28.6. The summed E-state index contributed by atoms with van der Waals surface area (Å²) < 4.78 is 0.